The third kappa shape index (κ3) is 5.76. The van der Waals surface area contributed by atoms with Gasteiger partial charge in [0.05, 0.1) is 21.3 Å². The molecule has 3 rings (SSSR count). The SMILES string of the molecule is O=C(COC(=O)c1ccc(Cl)c(S(=O)(=O)Nc2cc(Cl)ccc2Cl)c1)NC1CC1. The maximum absolute atomic E-state index is 12.7. The number of sulfonamides is 1. The highest BCUT2D eigenvalue weighted by Gasteiger charge is 2.25. The maximum Gasteiger partial charge on any atom is 0.338 e. The van der Waals surface area contributed by atoms with Crippen LogP contribution in [-0.4, -0.2) is 32.9 Å². The summed E-state index contributed by atoms with van der Waals surface area (Å²) in [6.07, 6.45) is 1.81. The van der Waals surface area contributed by atoms with Gasteiger partial charge in [0, 0.05) is 11.1 Å². The fourth-order valence-electron chi connectivity index (χ4n) is 2.32. The van der Waals surface area contributed by atoms with Crippen molar-refractivity contribution in [2.75, 3.05) is 11.3 Å². The summed E-state index contributed by atoms with van der Waals surface area (Å²) in [6.45, 7) is -0.462. The number of rotatable bonds is 7. The zero-order valence-corrected chi connectivity index (χ0v) is 17.8. The van der Waals surface area contributed by atoms with Crippen LogP contribution in [0.4, 0.5) is 5.69 Å². The number of esters is 1. The van der Waals surface area contributed by atoms with Gasteiger partial charge in [-0.3, -0.25) is 9.52 Å². The Morgan fingerprint density at radius 1 is 1.03 bits per heavy atom. The molecule has 0 aromatic heterocycles. The molecule has 1 fully saturated rings. The lowest BCUT2D eigenvalue weighted by Crippen LogP contribution is -2.30. The van der Waals surface area contributed by atoms with Crippen molar-refractivity contribution in [3.63, 3.8) is 0 Å². The second-order valence-electron chi connectivity index (χ2n) is 6.29. The second kappa shape index (κ2) is 8.79. The van der Waals surface area contributed by atoms with E-state index in [2.05, 4.69) is 10.0 Å². The Morgan fingerprint density at radius 3 is 2.41 bits per heavy atom. The van der Waals surface area contributed by atoms with Crippen molar-refractivity contribution in [2.24, 2.45) is 0 Å². The molecular weight excluding hydrogens is 463 g/mol. The number of nitrogens with one attached hydrogen (secondary N) is 2. The minimum atomic E-state index is -4.19. The molecular formula is C18H15Cl3N2O5S. The number of ether oxygens (including phenoxy) is 1. The smallest absolute Gasteiger partial charge is 0.338 e. The van der Waals surface area contributed by atoms with Gasteiger partial charge in [-0.25, -0.2) is 13.2 Å². The van der Waals surface area contributed by atoms with Gasteiger partial charge in [0.15, 0.2) is 6.61 Å². The number of carbonyl (C=O) groups is 2. The van der Waals surface area contributed by atoms with Crippen LogP contribution in [-0.2, 0) is 19.6 Å². The molecule has 1 saturated carbocycles. The molecule has 0 spiro atoms. The van der Waals surface area contributed by atoms with Crippen LogP contribution in [0, 0.1) is 0 Å². The molecule has 0 radical (unpaired) electrons. The zero-order chi connectivity index (χ0) is 21.2. The number of benzene rings is 2. The first-order valence-corrected chi connectivity index (χ1v) is 11.0. The largest absolute Gasteiger partial charge is 0.452 e. The van der Waals surface area contributed by atoms with Gasteiger partial charge in [0.25, 0.3) is 15.9 Å². The van der Waals surface area contributed by atoms with Gasteiger partial charge in [-0.15, -0.1) is 0 Å². The summed E-state index contributed by atoms with van der Waals surface area (Å²) in [5, 5.41) is 2.97. The lowest BCUT2D eigenvalue weighted by molar-refractivity contribution is -0.124. The highest BCUT2D eigenvalue weighted by atomic mass is 35.5. The number of carbonyl (C=O) groups excluding carboxylic acids is 2. The highest BCUT2D eigenvalue weighted by molar-refractivity contribution is 7.92. The molecule has 7 nitrogen and oxygen atoms in total. The summed E-state index contributed by atoms with van der Waals surface area (Å²) < 4.78 is 32.7. The number of halogens is 3. The summed E-state index contributed by atoms with van der Waals surface area (Å²) in [5.74, 6) is -1.27. The molecule has 1 amide bonds. The fourth-order valence-corrected chi connectivity index (χ4v) is 4.31. The van der Waals surface area contributed by atoms with E-state index < -0.39 is 28.5 Å². The van der Waals surface area contributed by atoms with E-state index in [0.717, 1.165) is 18.9 Å². The Hall–Kier alpha value is -2.00. The molecule has 11 heteroatoms. The first kappa shape index (κ1) is 21.7. The average Bonchev–Trinajstić information content (AvgIpc) is 3.46. The van der Waals surface area contributed by atoms with Gasteiger partial charge >= 0.3 is 5.97 Å². The van der Waals surface area contributed by atoms with Crippen molar-refractivity contribution in [3.8, 4) is 0 Å². The van der Waals surface area contributed by atoms with Crippen molar-refractivity contribution in [1.82, 2.24) is 5.32 Å². The fraction of sp³-hybridized carbons (Fsp3) is 0.222. The molecule has 1 aliphatic carbocycles. The van der Waals surface area contributed by atoms with Crippen LogP contribution in [0.2, 0.25) is 15.1 Å². The minimum absolute atomic E-state index is 0.0555. The molecule has 2 N–H and O–H groups in total. The number of hydrogen-bond acceptors (Lipinski definition) is 5. The standard InChI is InChI=1S/C18H15Cl3N2O5S/c19-11-2-6-13(20)15(8-11)23-29(26,27)16-7-10(1-5-14(16)21)18(25)28-9-17(24)22-12-3-4-12/h1-2,5-8,12,23H,3-4,9H2,(H,22,24). The van der Waals surface area contributed by atoms with E-state index >= 15 is 0 Å². The second-order valence-corrected chi connectivity index (χ2v) is 9.19. The average molecular weight is 478 g/mol. The van der Waals surface area contributed by atoms with E-state index in [0.29, 0.717) is 0 Å². The van der Waals surface area contributed by atoms with Crippen molar-refractivity contribution in [3.05, 3.63) is 57.0 Å². The van der Waals surface area contributed by atoms with Gasteiger partial charge in [-0.05, 0) is 49.2 Å². The normalized spacial score (nSPS) is 13.6. The van der Waals surface area contributed by atoms with E-state index in [4.69, 9.17) is 39.5 Å². The molecule has 2 aromatic rings. The van der Waals surface area contributed by atoms with Crippen LogP contribution in [0.5, 0.6) is 0 Å². The Labute approximate surface area is 182 Å². The van der Waals surface area contributed by atoms with Gasteiger partial charge in [0.2, 0.25) is 0 Å². The van der Waals surface area contributed by atoms with E-state index in [1.54, 1.807) is 0 Å². The predicted octanol–water partition coefficient (Wildman–Crippen LogP) is 3.88. The predicted molar refractivity (Wildman–Crippen MR) is 110 cm³/mol. The summed E-state index contributed by atoms with van der Waals surface area (Å²) >= 11 is 17.9. The molecule has 0 saturated heterocycles. The van der Waals surface area contributed by atoms with E-state index in [9.17, 15) is 18.0 Å². The van der Waals surface area contributed by atoms with Crippen LogP contribution < -0.4 is 10.0 Å². The van der Waals surface area contributed by atoms with Gasteiger partial charge in [0.1, 0.15) is 4.90 Å². The third-order valence-electron chi connectivity index (χ3n) is 3.91. The molecule has 0 heterocycles. The highest BCUT2D eigenvalue weighted by Crippen LogP contribution is 2.30. The minimum Gasteiger partial charge on any atom is -0.452 e. The van der Waals surface area contributed by atoms with E-state index in [1.165, 1.54) is 30.3 Å². The molecule has 0 unspecified atom stereocenters. The Bertz CT molecular complexity index is 1070. The lowest BCUT2D eigenvalue weighted by atomic mass is 10.2. The van der Waals surface area contributed by atoms with Crippen LogP contribution in [0.1, 0.15) is 23.2 Å². The lowest BCUT2D eigenvalue weighted by Gasteiger charge is -2.12. The maximum atomic E-state index is 12.7. The Balaban J connectivity index is 1.77. The van der Waals surface area contributed by atoms with Crippen molar-refractivity contribution in [2.45, 2.75) is 23.8 Å². The summed E-state index contributed by atoms with van der Waals surface area (Å²) in [5.41, 5.74) is -0.0221. The monoisotopic (exact) mass is 476 g/mol. The molecule has 2 aromatic carbocycles. The molecule has 1 aliphatic rings. The van der Waals surface area contributed by atoms with Gasteiger partial charge < -0.3 is 10.1 Å². The first-order valence-electron chi connectivity index (χ1n) is 8.39. The number of anilines is 1. The Morgan fingerprint density at radius 2 is 1.72 bits per heavy atom. The van der Waals surface area contributed by atoms with Crippen LogP contribution >= 0.6 is 34.8 Å². The van der Waals surface area contributed by atoms with E-state index in [-0.39, 0.29) is 37.3 Å². The van der Waals surface area contributed by atoms with Gasteiger partial charge in [-0.2, -0.15) is 0 Å². The third-order valence-corrected chi connectivity index (χ3v) is 6.32. The van der Waals surface area contributed by atoms with Gasteiger partial charge in [-0.1, -0.05) is 34.8 Å². The number of hydrogen-bond donors (Lipinski definition) is 2. The summed E-state index contributed by atoms with van der Waals surface area (Å²) in [7, 11) is -4.19. The topological polar surface area (TPSA) is 102 Å². The zero-order valence-electron chi connectivity index (χ0n) is 14.7. The van der Waals surface area contributed by atoms with Crippen molar-refractivity contribution >= 4 is 62.4 Å². The summed E-state index contributed by atoms with van der Waals surface area (Å²) in [6, 6.07) is 8.02. The molecule has 29 heavy (non-hydrogen) atoms. The van der Waals surface area contributed by atoms with Crippen molar-refractivity contribution in [1.29, 1.82) is 0 Å². The number of amides is 1. The molecule has 0 atom stereocenters. The van der Waals surface area contributed by atoms with Crippen LogP contribution in [0.25, 0.3) is 0 Å². The first-order chi connectivity index (χ1) is 13.7. The van der Waals surface area contributed by atoms with Crippen LogP contribution in [0.15, 0.2) is 41.3 Å². The van der Waals surface area contributed by atoms with Crippen LogP contribution in [0.3, 0.4) is 0 Å². The Kier molecular flexibility index (Phi) is 6.58. The quantitative estimate of drug-likeness (QED) is 0.589. The van der Waals surface area contributed by atoms with E-state index in [1.807, 2.05) is 0 Å². The molecule has 0 bridgehead atoms. The van der Waals surface area contributed by atoms with Crippen molar-refractivity contribution < 1.29 is 22.7 Å². The summed E-state index contributed by atoms with van der Waals surface area (Å²) in [4.78, 5) is 23.5. The molecule has 154 valence electrons. The molecule has 0 aliphatic heterocycles.